The topological polar surface area (TPSA) is 47.3 Å². The molecule has 0 amide bonds. The molecule has 0 radical (unpaired) electrons. The van der Waals surface area contributed by atoms with Gasteiger partial charge in [0, 0.05) is 10.6 Å². The van der Waals surface area contributed by atoms with Crippen LogP contribution >= 0.6 is 11.6 Å². The Labute approximate surface area is 128 Å². The minimum atomic E-state index is -0.300. The second-order valence-electron chi connectivity index (χ2n) is 4.90. The highest BCUT2D eigenvalue weighted by atomic mass is 35.5. The molecule has 0 fully saturated rings. The van der Waals surface area contributed by atoms with Crippen LogP contribution in [0.2, 0.25) is 5.02 Å². The second kappa shape index (κ2) is 6.89. The van der Waals surface area contributed by atoms with Gasteiger partial charge in [-0.05, 0) is 43.2 Å². The summed E-state index contributed by atoms with van der Waals surface area (Å²) in [6, 6.07) is 10.0. The van der Waals surface area contributed by atoms with Crippen molar-refractivity contribution in [3.8, 4) is 5.75 Å². The first-order valence-corrected chi connectivity index (χ1v) is 6.97. The van der Waals surface area contributed by atoms with Crippen LogP contribution in [0.5, 0.6) is 5.75 Å². The van der Waals surface area contributed by atoms with Crippen LogP contribution in [0.3, 0.4) is 0 Å². The Morgan fingerprint density at radius 3 is 2.71 bits per heavy atom. The molecular formula is C16H18ClFN2O. The number of ether oxygens (including phenoxy) is 1. The number of hydrogen-bond donors (Lipinski definition) is 2. The number of methoxy groups -OCH3 is 1. The monoisotopic (exact) mass is 308 g/mol. The van der Waals surface area contributed by atoms with Crippen LogP contribution in [0.15, 0.2) is 36.4 Å². The summed E-state index contributed by atoms with van der Waals surface area (Å²) in [7, 11) is 1.60. The van der Waals surface area contributed by atoms with Gasteiger partial charge in [0.1, 0.15) is 11.6 Å². The molecule has 2 aromatic rings. The first-order chi connectivity index (χ1) is 10.0. The Kier molecular flexibility index (Phi) is 5.17. The molecule has 5 heteroatoms. The largest absolute Gasteiger partial charge is 0.496 e. The average molecular weight is 309 g/mol. The van der Waals surface area contributed by atoms with E-state index in [9.17, 15) is 4.39 Å². The van der Waals surface area contributed by atoms with Crippen LogP contribution in [0.1, 0.15) is 22.7 Å². The molecule has 0 bridgehead atoms. The van der Waals surface area contributed by atoms with Crippen molar-refractivity contribution in [2.45, 2.75) is 19.4 Å². The normalized spacial score (nSPS) is 12.2. The number of hydrazine groups is 1. The highest BCUT2D eigenvalue weighted by Crippen LogP contribution is 2.29. The number of halogens is 2. The van der Waals surface area contributed by atoms with Gasteiger partial charge in [0.05, 0.1) is 13.2 Å². The minimum Gasteiger partial charge on any atom is -0.496 e. The Morgan fingerprint density at radius 1 is 1.29 bits per heavy atom. The van der Waals surface area contributed by atoms with Crippen LogP contribution < -0.4 is 16.0 Å². The lowest BCUT2D eigenvalue weighted by molar-refractivity contribution is 0.398. The lowest BCUT2D eigenvalue weighted by Gasteiger charge is -2.20. The Bertz CT molecular complexity index is 634. The van der Waals surface area contributed by atoms with Gasteiger partial charge in [-0.15, -0.1) is 0 Å². The van der Waals surface area contributed by atoms with Crippen LogP contribution in [-0.4, -0.2) is 7.11 Å². The van der Waals surface area contributed by atoms with Gasteiger partial charge in [0.2, 0.25) is 0 Å². The molecule has 0 aliphatic carbocycles. The third kappa shape index (κ3) is 3.73. The van der Waals surface area contributed by atoms with Gasteiger partial charge in [-0.1, -0.05) is 29.3 Å². The SMILES string of the molecule is COc1ccc(C)cc1C(Cc1cc(Cl)ccc1F)NN. The van der Waals surface area contributed by atoms with Gasteiger partial charge < -0.3 is 4.74 Å². The summed E-state index contributed by atoms with van der Waals surface area (Å²) < 4.78 is 19.2. The molecule has 1 unspecified atom stereocenters. The van der Waals surface area contributed by atoms with Crippen molar-refractivity contribution < 1.29 is 9.13 Å². The van der Waals surface area contributed by atoms with Crippen molar-refractivity contribution in [3.63, 3.8) is 0 Å². The smallest absolute Gasteiger partial charge is 0.126 e. The fourth-order valence-electron chi connectivity index (χ4n) is 2.30. The zero-order chi connectivity index (χ0) is 15.4. The number of rotatable bonds is 5. The lowest BCUT2D eigenvalue weighted by Crippen LogP contribution is -2.30. The van der Waals surface area contributed by atoms with E-state index in [-0.39, 0.29) is 11.9 Å². The Morgan fingerprint density at radius 2 is 2.05 bits per heavy atom. The van der Waals surface area contributed by atoms with Crippen LogP contribution in [0.4, 0.5) is 4.39 Å². The number of aryl methyl sites for hydroxylation is 1. The van der Waals surface area contributed by atoms with E-state index in [0.29, 0.717) is 22.8 Å². The van der Waals surface area contributed by atoms with E-state index in [1.165, 1.54) is 12.1 Å². The van der Waals surface area contributed by atoms with Gasteiger partial charge in [-0.25, -0.2) is 4.39 Å². The summed E-state index contributed by atoms with van der Waals surface area (Å²) in [6.07, 6.45) is 0.378. The summed E-state index contributed by atoms with van der Waals surface area (Å²) in [5.41, 5.74) is 5.20. The third-order valence-corrected chi connectivity index (χ3v) is 3.63. The molecule has 2 rings (SSSR count). The number of nitrogens with two attached hydrogens (primary N) is 1. The first-order valence-electron chi connectivity index (χ1n) is 6.59. The van der Waals surface area contributed by atoms with Crippen molar-refractivity contribution in [3.05, 3.63) is 63.9 Å². The maximum absolute atomic E-state index is 13.9. The first kappa shape index (κ1) is 15.8. The fourth-order valence-corrected chi connectivity index (χ4v) is 2.50. The molecule has 0 saturated carbocycles. The minimum absolute atomic E-state index is 0.271. The molecule has 3 N–H and O–H groups in total. The molecule has 0 saturated heterocycles. The van der Waals surface area contributed by atoms with Gasteiger partial charge in [-0.3, -0.25) is 11.3 Å². The maximum atomic E-state index is 13.9. The molecule has 0 spiro atoms. The molecule has 0 heterocycles. The Balaban J connectivity index is 2.36. The quantitative estimate of drug-likeness (QED) is 0.656. The second-order valence-corrected chi connectivity index (χ2v) is 5.34. The van der Waals surface area contributed by atoms with Gasteiger partial charge in [0.25, 0.3) is 0 Å². The molecule has 0 aliphatic rings. The van der Waals surface area contributed by atoms with Gasteiger partial charge in [0.15, 0.2) is 0 Å². The zero-order valence-electron chi connectivity index (χ0n) is 12.0. The van der Waals surface area contributed by atoms with Crippen LogP contribution in [0.25, 0.3) is 0 Å². The maximum Gasteiger partial charge on any atom is 0.126 e. The van der Waals surface area contributed by atoms with Gasteiger partial charge >= 0.3 is 0 Å². The highest BCUT2D eigenvalue weighted by molar-refractivity contribution is 6.30. The van der Waals surface area contributed by atoms with E-state index >= 15 is 0 Å². The summed E-state index contributed by atoms with van der Waals surface area (Å²) in [4.78, 5) is 0. The Hall–Kier alpha value is -1.62. The molecular weight excluding hydrogens is 291 g/mol. The number of nitrogens with one attached hydrogen (secondary N) is 1. The molecule has 2 aromatic carbocycles. The molecule has 1 atom stereocenters. The fraction of sp³-hybridized carbons (Fsp3) is 0.250. The van der Waals surface area contributed by atoms with Crippen molar-refractivity contribution in [1.82, 2.24) is 5.43 Å². The zero-order valence-corrected chi connectivity index (χ0v) is 12.7. The summed E-state index contributed by atoms with van der Waals surface area (Å²) in [5, 5.41) is 0.498. The molecule has 0 aromatic heterocycles. The van der Waals surface area contributed by atoms with E-state index in [2.05, 4.69) is 5.43 Å². The lowest BCUT2D eigenvalue weighted by atomic mass is 9.97. The predicted molar refractivity (Wildman–Crippen MR) is 82.9 cm³/mol. The van der Waals surface area contributed by atoms with Crippen molar-refractivity contribution in [1.29, 1.82) is 0 Å². The molecule has 0 aliphatic heterocycles. The molecule has 21 heavy (non-hydrogen) atoms. The van der Waals surface area contributed by atoms with Crippen LogP contribution in [0, 0.1) is 12.7 Å². The van der Waals surface area contributed by atoms with E-state index in [1.54, 1.807) is 13.2 Å². The summed E-state index contributed by atoms with van der Waals surface area (Å²) in [6.45, 7) is 1.98. The predicted octanol–water partition coefficient (Wildman–Crippen LogP) is 3.54. The van der Waals surface area contributed by atoms with E-state index in [1.807, 2.05) is 25.1 Å². The van der Waals surface area contributed by atoms with E-state index in [0.717, 1.165) is 11.1 Å². The summed E-state index contributed by atoms with van der Waals surface area (Å²) in [5.74, 6) is 6.07. The van der Waals surface area contributed by atoms with Crippen molar-refractivity contribution in [2.75, 3.05) is 7.11 Å². The van der Waals surface area contributed by atoms with Gasteiger partial charge in [-0.2, -0.15) is 0 Å². The standard InChI is InChI=1S/C16H18ClFN2O/c1-10-3-6-16(21-2)13(7-10)15(20-19)9-11-8-12(17)4-5-14(11)18/h3-8,15,20H,9,19H2,1-2H3. The highest BCUT2D eigenvalue weighted by Gasteiger charge is 2.17. The summed E-state index contributed by atoms with van der Waals surface area (Å²) >= 11 is 5.93. The van der Waals surface area contributed by atoms with Crippen LogP contribution in [-0.2, 0) is 6.42 Å². The van der Waals surface area contributed by atoms with Crippen molar-refractivity contribution in [2.24, 2.45) is 5.84 Å². The third-order valence-electron chi connectivity index (χ3n) is 3.39. The molecule has 3 nitrogen and oxygen atoms in total. The number of hydrogen-bond acceptors (Lipinski definition) is 3. The van der Waals surface area contributed by atoms with E-state index < -0.39 is 0 Å². The van der Waals surface area contributed by atoms with E-state index in [4.69, 9.17) is 22.2 Å². The number of benzene rings is 2. The van der Waals surface area contributed by atoms with Crippen molar-refractivity contribution >= 4 is 11.6 Å². The average Bonchev–Trinajstić information content (AvgIpc) is 2.48. The molecule has 112 valence electrons.